The number of rotatable bonds is 4. The van der Waals surface area contributed by atoms with E-state index in [9.17, 15) is 0 Å². The number of ether oxygens (including phenoxy) is 3. The van der Waals surface area contributed by atoms with Gasteiger partial charge in [0.15, 0.2) is 11.5 Å². The Morgan fingerprint density at radius 1 is 1.05 bits per heavy atom. The van der Waals surface area contributed by atoms with Crippen molar-refractivity contribution in [3.05, 3.63) is 18.2 Å². The largest absolute Gasteiger partial charge is 0.496 e. The summed E-state index contributed by atoms with van der Waals surface area (Å²) < 4.78 is 17.7. The minimum absolute atomic E-state index is 0.557. The maximum atomic E-state index is 5.82. The highest BCUT2D eigenvalue weighted by Gasteiger charge is 2.20. The number of nitrogen functional groups attached to an aromatic ring is 1. The van der Waals surface area contributed by atoms with Gasteiger partial charge in [-0.2, -0.15) is 5.10 Å². The molecule has 19 heavy (non-hydrogen) atoms. The summed E-state index contributed by atoms with van der Waals surface area (Å²) in [6.45, 7) is 0. The minimum atomic E-state index is 0.557. The number of hydrogen-bond acceptors (Lipinski definition) is 5. The minimum Gasteiger partial charge on any atom is -0.496 e. The van der Waals surface area contributed by atoms with Gasteiger partial charge in [-0.05, 0) is 12.1 Å². The van der Waals surface area contributed by atoms with Gasteiger partial charge in [-0.15, -0.1) is 0 Å². The summed E-state index contributed by atoms with van der Waals surface area (Å²) in [5.41, 5.74) is 7.21. The van der Waals surface area contributed by atoms with Crippen molar-refractivity contribution in [3.8, 4) is 28.5 Å². The van der Waals surface area contributed by atoms with E-state index in [0.717, 1.165) is 5.56 Å². The maximum Gasteiger partial charge on any atom is 0.173 e. The molecule has 2 N–H and O–H groups in total. The van der Waals surface area contributed by atoms with Gasteiger partial charge in [0.2, 0.25) is 0 Å². The number of methoxy groups -OCH3 is 3. The third-order valence-electron chi connectivity index (χ3n) is 2.90. The molecule has 0 fully saturated rings. The standard InChI is InChI=1S/C13H17N3O3/c1-16-11(14)7-8(15-16)12-9(17-2)5-6-10(18-3)13(12)19-4/h5-7H,14H2,1-4H3. The van der Waals surface area contributed by atoms with Gasteiger partial charge in [-0.25, -0.2) is 0 Å². The Kier molecular flexibility index (Phi) is 3.50. The molecule has 1 heterocycles. The Hall–Kier alpha value is -2.37. The van der Waals surface area contributed by atoms with Crippen molar-refractivity contribution in [3.63, 3.8) is 0 Å². The molecule has 0 atom stereocenters. The molecule has 6 nitrogen and oxygen atoms in total. The van der Waals surface area contributed by atoms with E-state index in [1.807, 2.05) is 6.07 Å². The number of hydrogen-bond donors (Lipinski definition) is 1. The lowest BCUT2D eigenvalue weighted by Crippen LogP contribution is -1.98. The van der Waals surface area contributed by atoms with Crippen LogP contribution in [0.5, 0.6) is 17.2 Å². The maximum absolute atomic E-state index is 5.82. The number of aromatic nitrogens is 2. The third-order valence-corrected chi connectivity index (χ3v) is 2.90. The second-order valence-corrected chi connectivity index (χ2v) is 3.96. The topological polar surface area (TPSA) is 71.5 Å². The van der Waals surface area contributed by atoms with Crippen molar-refractivity contribution < 1.29 is 14.2 Å². The number of aryl methyl sites for hydroxylation is 1. The monoisotopic (exact) mass is 263 g/mol. The van der Waals surface area contributed by atoms with Gasteiger partial charge in [0, 0.05) is 13.1 Å². The van der Waals surface area contributed by atoms with Crippen LogP contribution in [0, 0.1) is 0 Å². The van der Waals surface area contributed by atoms with Crippen molar-refractivity contribution in [2.45, 2.75) is 0 Å². The normalized spacial score (nSPS) is 10.3. The number of nitrogens with two attached hydrogens (primary N) is 1. The van der Waals surface area contributed by atoms with Crippen LogP contribution in [0.2, 0.25) is 0 Å². The molecule has 0 aliphatic rings. The third kappa shape index (κ3) is 2.16. The van der Waals surface area contributed by atoms with Crippen molar-refractivity contribution in [1.29, 1.82) is 0 Å². The molecule has 0 saturated heterocycles. The van der Waals surface area contributed by atoms with Crippen LogP contribution in [0.25, 0.3) is 11.3 Å². The Bertz CT molecular complexity index is 574. The average molecular weight is 263 g/mol. The van der Waals surface area contributed by atoms with Crippen LogP contribution in [0.1, 0.15) is 0 Å². The summed E-state index contributed by atoms with van der Waals surface area (Å²) >= 11 is 0. The molecule has 0 amide bonds. The highest BCUT2D eigenvalue weighted by Crippen LogP contribution is 2.44. The summed E-state index contributed by atoms with van der Waals surface area (Å²) in [6, 6.07) is 5.36. The fourth-order valence-electron chi connectivity index (χ4n) is 1.93. The number of nitrogens with zero attached hydrogens (tertiary/aromatic N) is 2. The fraction of sp³-hybridized carbons (Fsp3) is 0.308. The predicted octanol–water partition coefficient (Wildman–Crippen LogP) is 1.70. The molecule has 1 aromatic heterocycles. The second kappa shape index (κ2) is 5.09. The molecule has 0 bridgehead atoms. The number of anilines is 1. The predicted molar refractivity (Wildman–Crippen MR) is 72.7 cm³/mol. The van der Waals surface area contributed by atoms with Gasteiger partial charge < -0.3 is 19.9 Å². The lowest BCUT2D eigenvalue weighted by atomic mass is 10.1. The SMILES string of the molecule is COc1ccc(OC)c(-c2cc(N)n(C)n2)c1OC. The van der Waals surface area contributed by atoms with E-state index in [4.69, 9.17) is 19.9 Å². The van der Waals surface area contributed by atoms with E-state index >= 15 is 0 Å². The zero-order valence-electron chi connectivity index (χ0n) is 11.4. The Morgan fingerprint density at radius 3 is 2.16 bits per heavy atom. The number of benzene rings is 1. The van der Waals surface area contributed by atoms with Gasteiger partial charge in [-0.1, -0.05) is 0 Å². The lowest BCUT2D eigenvalue weighted by molar-refractivity contribution is 0.350. The van der Waals surface area contributed by atoms with E-state index in [-0.39, 0.29) is 0 Å². The van der Waals surface area contributed by atoms with Gasteiger partial charge in [0.25, 0.3) is 0 Å². The molecule has 0 aliphatic heterocycles. The molecule has 6 heteroatoms. The van der Waals surface area contributed by atoms with Crippen LogP contribution in [-0.4, -0.2) is 31.1 Å². The Balaban J connectivity index is 2.71. The molecule has 0 unspecified atom stereocenters. The van der Waals surface area contributed by atoms with E-state index in [2.05, 4.69) is 5.10 Å². The van der Waals surface area contributed by atoms with Gasteiger partial charge >= 0.3 is 0 Å². The molecule has 0 aliphatic carbocycles. The molecule has 0 radical (unpaired) electrons. The highest BCUT2D eigenvalue weighted by molar-refractivity contribution is 5.78. The first-order chi connectivity index (χ1) is 9.12. The molecule has 2 rings (SSSR count). The summed E-state index contributed by atoms with van der Waals surface area (Å²) in [5, 5.41) is 4.35. The summed E-state index contributed by atoms with van der Waals surface area (Å²) in [7, 11) is 6.53. The average Bonchev–Trinajstić information content (AvgIpc) is 2.76. The van der Waals surface area contributed by atoms with Crippen LogP contribution in [-0.2, 0) is 7.05 Å². The van der Waals surface area contributed by atoms with E-state index in [0.29, 0.717) is 28.8 Å². The smallest absolute Gasteiger partial charge is 0.173 e. The molecule has 0 saturated carbocycles. The summed E-state index contributed by atoms with van der Waals surface area (Å²) in [6.07, 6.45) is 0. The van der Waals surface area contributed by atoms with Crippen molar-refractivity contribution in [2.24, 2.45) is 7.05 Å². The van der Waals surface area contributed by atoms with Crippen molar-refractivity contribution in [1.82, 2.24) is 9.78 Å². The highest BCUT2D eigenvalue weighted by atomic mass is 16.5. The first kappa shape index (κ1) is 13.1. The van der Waals surface area contributed by atoms with Gasteiger partial charge in [-0.3, -0.25) is 4.68 Å². The van der Waals surface area contributed by atoms with E-state index in [1.54, 1.807) is 45.2 Å². The van der Waals surface area contributed by atoms with Crippen molar-refractivity contribution in [2.75, 3.05) is 27.1 Å². The summed E-state index contributed by atoms with van der Waals surface area (Å²) in [4.78, 5) is 0. The first-order valence-corrected chi connectivity index (χ1v) is 5.71. The molecular weight excluding hydrogens is 246 g/mol. The zero-order chi connectivity index (χ0) is 14.0. The van der Waals surface area contributed by atoms with E-state index < -0.39 is 0 Å². The van der Waals surface area contributed by atoms with Crippen LogP contribution in [0.15, 0.2) is 18.2 Å². The Labute approximate surface area is 111 Å². The fourth-order valence-corrected chi connectivity index (χ4v) is 1.93. The quantitative estimate of drug-likeness (QED) is 0.909. The van der Waals surface area contributed by atoms with Crippen LogP contribution in [0.4, 0.5) is 5.82 Å². The molecule has 0 spiro atoms. The molecule has 2 aromatic rings. The van der Waals surface area contributed by atoms with Crippen LogP contribution in [0.3, 0.4) is 0 Å². The lowest BCUT2D eigenvalue weighted by Gasteiger charge is -2.14. The van der Waals surface area contributed by atoms with Gasteiger partial charge in [0.05, 0.1) is 26.9 Å². The van der Waals surface area contributed by atoms with Crippen LogP contribution >= 0.6 is 0 Å². The summed E-state index contributed by atoms with van der Waals surface area (Å²) in [5.74, 6) is 2.39. The molecular formula is C13H17N3O3. The van der Waals surface area contributed by atoms with E-state index in [1.165, 1.54) is 0 Å². The molecule has 1 aromatic carbocycles. The second-order valence-electron chi connectivity index (χ2n) is 3.96. The van der Waals surface area contributed by atoms with Crippen molar-refractivity contribution >= 4 is 5.82 Å². The zero-order valence-corrected chi connectivity index (χ0v) is 11.4. The Morgan fingerprint density at radius 2 is 1.68 bits per heavy atom. The van der Waals surface area contributed by atoms with Crippen LogP contribution < -0.4 is 19.9 Å². The first-order valence-electron chi connectivity index (χ1n) is 5.71. The van der Waals surface area contributed by atoms with Gasteiger partial charge in [0.1, 0.15) is 17.3 Å². The molecule has 102 valence electrons.